The fraction of sp³-hybridized carbons (Fsp3) is 0.350. The molecule has 2 aromatic heterocycles. The second kappa shape index (κ2) is 7.56. The van der Waals surface area contributed by atoms with Crippen molar-refractivity contribution in [2.75, 3.05) is 13.1 Å². The Hall–Kier alpha value is -2.60. The van der Waals surface area contributed by atoms with Crippen molar-refractivity contribution in [2.45, 2.75) is 25.2 Å². The van der Waals surface area contributed by atoms with E-state index in [-0.39, 0.29) is 11.8 Å². The van der Waals surface area contributed by atoms with E-state index in [1.807, 2.05) is 29.2 Å². The number of nitrogens with zero attached hydrogens (tertiary/aromatic N) is 4. The number of piperidine rings is 1. The van der Waals surface area contributed by atoms with E-state index in [1.165, 1.54) is 0 Å². The van der Waals surface area contributed by atoms with Crippen molar-refractivity contribution in [1.29, 1.82) is 0 Å². The lowest BCUT2D eigenvalue weighted by atomic mass is 9.97. The Morgan fingerprint density at radius 2 is 2.19 bits per heavy atom. The SMILES string of the molecule is Cn1nccc1C(=O)N1CCC[C@H](c2ncc(Cc3ccccc3Cl)o2)C1. The highest BCUT2D eigenvalue weighted by molar-refractivity contribution is 6.31. The Balaban J connectivity index is 1.46. The lowest BCUT2D eigenvalue weighted by Crippen LogP contribution is -2.40. The lowest BCUT2D eigenvalue weighted by molar-refractivity contribution is 0.0686. The fourth-order valence-electron chi connectivity index (χ4n) is 3.53. The maximum atomic E-state index is 12.7. The quantitative estimate of drug-likeness (QED) is 0.688. The standard InChI is InChI=1S/C20H21ClN4O2/c1-24-18(8-9-23-24)20(26)25-10-4-6-15(13-25)19-22-12-16(27-19)11-14-5-2-3-7-17(14)21/h2-3,5,7-9,12,15H,4,6,10-11,13H2,1H3/t15-/m0/s1. The molecule has 0 radical (unpaired) electrons. The van der Waals surface area contributed by atoms with Gasteiger partial charge in [0, 0.05) is 37.8 Å². The molecule has 0 saturated carbocycles. The summed E-state index contributed by atoms with van der Waals surface area (Å²) in [5.41, 5.74) is 1.61. The topological polar surface area (TPSA) is 64.2 Å². The second-order valence-corrected chi connectivity index (χ2v) is 7.27. The van der Waals surface area contributed by atoms with Crippen molar-refractivity contribution in [3.8, 4) is 0 Å². The maximum Gasteiger partial charge on any atom is 0.272 e. The van der Waals surface area contributed by atoms with Crippen molar-refractivity contribution in [2.24, 2.45) is 7.05 Å². The van der Waals surface area contributed by atoms with Gasteiger partial charge in [-0.15, -0.1) is 0 Å². The van der Waals surface area contributed by atoms with Crippen LogP contribution in [0.5, 0.6) is 0 Å². The molecule has 0 N–H and O–H groups in total. The van der Waals surface area contributed by atoms with Crippen LogP contribution in [0.4, 0.5) is 0 Å². The van der Waals surface area contributed by atoms with Gasteiger partial charge in [-0.2, -0.15) is 5.10 Å². The molecule has 1 amide bonds. The van der Waals surface area contributed by atoms with Crippen molar-refractivity contribution in [1.82, 2.24) is 19.7 Å². The molecule has 1 saturated heterocycles. The highest BCUT2D eigenvalue weighted by Gasteiger charge is 2.29. The highest BCUT2D eigenvalue weighted by Crippen LogP contribution is 2.28. The molecule has 1 aliphatic rings. The molecule has 140 valence electrons. The van der Waals surface area contributed by atoms with E-state index in [0.717, 1.165) is 35.7 Å². The first kappa shape index (κ1) is 17.8. The Bertz CT molecular complexity index is 949. The zero-order valence-corrected chi connectivity index (χ0v) is 15.9. The molecule has 1 fully saturated rings. The summed E-state index contributed by atoms with van der Waals surface area (Å²) in [6.07, 6.45) is 5.90. The van der Waals surface area contributed by atoms with Crippen LogP contribution >= 0.6 is 11.6 Å². The van der Waals surface area contributed by atoms with Gasteiger partial charge in [0.05, 0.1) is 12.1 Å². The molecule has 1 aromatic carbocycles. The Kier molecular flexibility index (Phi) is 4.99. The molecule has 0 unspecified atom stereocenters. The molecule has 27 heavy (non-hydrogen) atoms. The summed E-state index contributed by atoms with van der Waals surface area (Å²) in [5, 5.41) is 4.81. The minimum absolute atomic E-state index is 0.00236. The normalized spacial score (nSPS) is 17.3. The maximum absolute atomic E-state index is 12.7. The highest BCUT2D eigenvalue weighted by atomic mass is 35.5. The van der Waals surface area contributed by atoms with Gasteiger partial charge in [0.1, 0.15) is 11.5 Å². The molecule has 6 nitrogen and oxygen atoms in total. The number of carbonyl (C=O) groups excluding carboxylic acids is 1. The molecular formula is C20H21ClN4O2. The largest absolute Gasteiger partial charge is 0.445 e. The van der Waals surface area contributed by atoms with E-state index >= 15 is 0 Å². The number of aromatic nitrogens is 3. The van der Waals surface area contributed by atoms with E-state index in [0.29, 0.717) is 24.6 Å². The van der Waals surface area contributed by atoms with Gasteiger partial charge in [0.2, 0.25) is 0 Å². The molecule has 0 bridgehead atoms. The van der Waals surface area contributed by atoms with Crippen LogP contribution in [0.15, 0.2) is 47.1 Å². The number of hydrogen-bond acceptors (Lipinski definition) is 4. The number of oxazole rings is 1. The summed E-state index contributed by atoms with van der Waals surface area (Å²) in [6, 6.07) is 9.48. The number of hydrogen-bond donors (Lipinski definition) is 0. The minimum atomic E-state index is 0.00236. The average molecular weight is 385 g/mol. The number of rotatable bonds is 4. The molecule has 1 aliphatic heterocycles. The molecule has 3 heterocycles. The Morgan fingerprint density at radius 3 is 2.96 bits per heavy atom. The van der Waals surface area contributed by atoms with E-state index in [4.69, 9.17) is 16.0 Å². The Morgan fingerprint density at radius 1 is 1.33 bits per heavy atom. The first-order valence-electron chi connectivity index (χ1n) is 9.07. The van der Waals surface area contributed by atoms with Crippen LogP contribution in [0.3, 0.4) is 0 Å². The summed E-state index contributed by atoms with van der Waals surface area (Å²) < 4.78 is 7.61. The molecular weight excluding hydrogens is 364 g/mol. The first-order valence-corrected chi connectivity index (χ1v) is 9.45. The van der Waals surface area contributed by atoms with Gasteiger partial charge in [-0.1, -0.05) is 29.8 Å². The van der Waals surface area contributed by atoms with Gasteiger partial charge in [0.15, 0.2) is 5.89 Å². The van der Waals surface area contributed by atoms with Gasteiger partial charge in [0.25, 0.3) is 5.91 Å². The summed E-state index contributed by atoms with van der Waals surface area (Å²) in [7, 11) is 1.78. The van der Waals surface area contributed by atoms with Crippen LogP contribution < -0.4 is 0 Å². The molecule has 0 spiro atoms. The van der Waals surface area contributed by atoms with Crippen LogP contribution in [-0.4, -0.2) is 38.7 Å². The van der Waals surface area contributed by atoms with E-state index in [2.05, 4.69) is 10.1 Å². The first-order chi connectivity index (χ1) is 13.1. The van der Waals surface area contributed by atoms with Crippen molar-refractivity contribution < 1.29 is 9.21 Å². The Labute approximate surface area is 162 Å². The van der Waals surface area contributed by atoms with Gasteiger partial charge >= 0.3 is 0 Å². The lowest BCUT2D eigenvalue weighted by Gasteiger charge is -2.31. The van der Waals surface area contributed by atoms with Crippen LogP contribution in [0.2, 0.25) is 5.02 Å². The van der Waals surface area contributed by atoms with Crippen molar-refractivity contribution >= 4 is 17.5 Å². The summed E-state index contributed by atoms with van der Waals surface area (Å²) in [6.45, 7) is 1.35. The van der Waals surface area contributed by atoms with Gasteiger partial charge < -0.3 is 9.32 Å². The molecule has 1 atom stereocenters. The van der Waals surface area contributed by atoms with Gasteiger partial charge in [-0.25, -0.2) is 4.98 Å². The number of aryl methyl sites for hydroxylation is 1. The molecule has 7 heteroatoms. The smallest absolute Gasteiger partial charge is 0.272 e. The zero-order valence-electron chi connectivity index (χ0n) is 15.1. The van der Waals surface area contributed by atoms with Crippen LogP contribution in [0.1, 0.15) is 46.5 Å². The number of amides is 1. The predicted octanol–water partition coefficient (Wildman–Crippen LogP) is 3.67. The van der Waals surface area contributed by atoms with Gasteiger partial charge in [-0.3, -0.25) is 9.48 Å². The van der Waals surface area contributed by atoms with E-state index in [9.17, 15) is 4.79 Å². The summed E-state index contributed by atoms with van der Waals surface area (Å²) in [4.78, 5) is 19.1. The number of halogens is 1. The van der Waals surface area contributed by atoms with Crippen molar-refractivity contribution in [3.63, 3.8) is 0 Å². The predicted molar refractivity (Wildman–Crippen MR) is 102 cm³/mol. The number of likely N-dealkylation sites (tertiary alicyclic amines) is 1. The molecule has 4 rings (SSSR count). The average Bonchev–Trinajstić information content (AvgIpc) is 3.32. The second-order valence-electron chi connectivity index (χ2n) is 6.86. The zero-order chi connectivity index (χ0) is 18.8. The minimum Gasteiger partial charge on any atom is -0.445 e. The van der Waals surface area contributed by atoms with Gasteiger partial charge in [-0.05, 0) is 30.5 Å². The van der Waals surface area contributed by atoms with Crippen LogP contribution in [0, 0.1) is 0 Å². The third kappa shape index (κ3) is 3.76. The van der Waals surface area contributed by atoms with Crippen LogP contribution in [-0.2, 0) is 13.5 Å². The van der Waals surface area contributed by atoms with Crippen LogP contribution in [0.25, 0.3) is 0 Å². The molecule has 3 aromatic rings. The van der Waals surface area contributed by atoms with E-state index < -0.39 is 0 Å². The molecule has 0 aliphatic carbocycles. The fourth-order valence-corrected chi connectivity index (χ4v) is 3.73. The number of carbonyl (C=O) groups is 1. The van der Waals surface area contributed by atoms with Crippen molar-refractivity contribution in [3.05, 3.63) is 70.7 Å². The number of benzene rings is 1. The summed E-state index contributed by atoms with van der Waals surface area (Å²) in [5.74, 6) is 1.59. The third-order valence-corrected chi connectivity index (χ3v) is 5.36. The third-order valence-electron chi connectivity index (χ3n) is 4.99. The van der Waals surface area contributed by atoms with E-state index in [1.54, 1.807) is 30.2 Å². The monoisotopic (exact) mass is 384 g/mol. The summed E-state index contributed by atoms with van der Waals surface area (Å²) >= 11 is 6.23.